The predicted molar refractivity (Wildman–Crippen MR) is 540 cm³/mol. The number of anilines is 5. The molecule has 0 spiro atoms. The van der Waals surface area contributed by atoms with E-state index in [0.29, 0.717) is 103 Å². The third kappa shape index (κ3) is 33.3. The minimum absolute atomic E-state index is 0.0520. The lowest BCUT2D eigenvalue weighted by Crippen LogP contribution is -2.56. The number of piperazine rings is 4. The van der Waals surface area contributed by atoms with E-state index < -0.39 is 0 Å². The van der Waals surface area contributed by atoms with Crippen molar-refractivity contribution in [1.82, 2.24) is 74.2 Å². The number of nitrogens with zero attached hydrogens (tertiary/aromatic N) is 20. The number of morpholine rings is 2. The van der Waals surface area contributed by atoms with Gasteiger partial charge in [-0.25, -0.2) is 0 Å². The highest BCUT2D eigenvalue weighted by atomic mass is 16.5. The van der Waals surface area contributed by atoms with E-state index in [0.717, 1.165) is 167 Å². The summed E-state index contributed by atoms with van der Waals surface area (Å²) in [6, 6.07) is 35.3. The second kappa shape index (κ2) is 53.3. The number of hydrogen-bond acceptors (Lipinski definition) is 24. The van der Waals surface area contributed by atoms with Crippen molar-refractivity contribution >= 4 is 34.3 Å². The molecule has 9 saturated heterocycles. The Morgan fingerprint density at radius 1 is 0.336 bits per heavy atom. The molecule has 0 aliphatic carbocycles. The van der Waals surface area contributed by atoms with Gasteiger partial charge in [0.25, 0.3) is 5.91 Å². The van der Waals surface area contributed by atoms with Gasteiger partial charge in [0.05, 0.1) is 117 Å². The van der Waals surface area contributed by atoms with Gasteiger partial charge in [0, 0.05) is 227 Å². The maximum absolute atomic E-state index is 12.1. The standard InChI is InChI=1S/C15H23N3O.C15H25N3.C14H23N3.C13H21N3.C13H18N2O2.2C12H18N2O.C12H18N2/c1-12(2)15-4-3-13(9-16-15)17-5-7-18(8-6-17)14-10-19-11-14;1-12(2)15-6-5-14(11-16-15)18-9-7-17(8-10-18)13(3)4;1-4-16-7-9-17(10-8-16)13-5-6-14(12(2)3)15-11-13;1-11(2)13-5-4-12(10-14-13)16-8-6-15(3)7-9-16;1-10(2)12-4-3-11(9-14-12)13(16)15-5-7-17-8-6-15;1-9(2)12-5-4-10(6-13-12)15-11-7-14(3)8-11;1-10(2)12-4-3-11(9-13-12)14-5-7-15-8-6-14;1-9(2)12-5-4-10(6-13-12)11-7-14(3)8-11/h3-4,9,12,14H,5-8,10-11H2,1-2H3;5-6,11-13H,7-10H2,1-4H3;5-6,11-12H,4,7-10H2,1-3H3;4-5,10-11H,6-9H2,1-3H3;3-4,9-10H,5-8H2,1-2H3;4-6,9,11H,7-8H2,1-3H3;3-4,9-10H,5-8H2,1-2H3;4-6,9,11H,7-8H2,1-3H3. The Morgan fingerprint density at radius 2 is 0.664 bits per heavy atom. The second-order valence-electron chi connectivity index (χ2n) is 39.3. The highest BCUT2D eigenvalue weighted by Gasteiger charge is 2.31. The molecule has 9 aliphatic rings. The van der Waals surface area contributed by atoms with E-state index in [-0.39, 0.29) is 5.91 Å². The molecule has 0 aromatic carbocycles. The summed E-state index contributed by atoms with van der Waals surface area (Å²) in [7, 11) is 6.43. The number of hydrogen-bond donors (Lipinski definition) is 0. The van der Waals surface area contributed by atoms with E-state index in [2.05, 4.69) is 319 Å². The molecule has 8 aromatic heterocycles. The third-order valence-electron chi connectivity index (χ3n) is 26.0. The topological polar surface area (TPSA) is 196 Å². The maximum atomic E-state index is 12.1. The van der Waals surface area contributed by atoms with Gasteiger partial charge in [0.2, 0.25) is 0 Å². The Morgan fingerprint density at radius 3 is 0.969 bits per heavy atom. The van der Waals surface area contributed by atoms with Crippen LogP contribution >= 0.6 is 0 Å². The molecule has 131 heavy (non-hydrogen) atoms. The molecule has 718 valence electrons. The molecule has 25 heteroatoms. The smallest absolute Gasteiger partial charge is 0.255 e. The molecule has 9 fully saturated rings. The summed E-state index contributed by atoms with van der Waals surface area (Å²) in [6.07, 6.45) is 16.0. The zero-order valence-electron chi connectivity index (χ0n) is 84.2. The van der Waals surface area contributed by atoms with Crippen molar-refractivity contribution in [2.24, 2.45) is 0 Å². The van der Waals surface area contributed by atoms with E-state index in [4.69, 9.17) is 18.9 Å². The highest BCUT2D eigenvalue weighted by Crippen LogP contribution is 2.29. The minimum Gasteiger partial charge on any atom is -0.486 e. The lowest BCUT2D eigenvalue weighted by molar-refractivity contribution is -0.0660. The van der Waals surface area contributed by atoms with Gasteiger partial charge < -0.3 is 63.0 Å². The SMILES string of the molecule is CC(C)c1ccc(C(=O)N2CCOCC2)cn1.CC(C)c1ccc(C2CN(C)C2)cn1.CC(C)c1ccc(N2CCN(C(C)C)CC2)cn1.CC(C)c1ccc(N2CCN(C)CC2)cn1.CC(C)c1ccc(N2CCN(C3COC3)CC2)cn1.CC(C)c1ccc(N2CCOCC2)cn1.CC(C)c1ccc(OC2CN(C)C2)cn1.CCN1CCN(c2ccc(C(C)C)nc2)CC1. The Hall–Kier alpha value is -8.89. The van der Waals surface area contributed by atoms with E-state index >= 15 is 0 Å². The number of rotatable bonds is 20. The van der Waals surface area contributed by atoms with Crippen LogP contribution in [0.5, 0.6) is 5.75 Å². The summed E-state index contributed by atoms with van der Waals surface area (Å²) in [6.45, 7) is 73.1. The van der Waals surface area contributed by atoms with Crippen LogP contribution in [0.15, 0.2) is 147 Å². The van der Waals surface area contributed by atoms with Crippen molar-refractivity contribution in [1.29, 1.82) is 0 Å². The molecule has 8 aromatic rings. The van der Waals surface area contributed by atoms with E-state index in [9.17, 15) is 4.79 Å². The number of carbonyl (C=O) groups excluding carboxylic acids is 1. The quantitative estimate of drug-likeness (QED) is 0.0698. The molecule has 0 unspecified atom stereocenters. The number of amides is 1. The number of carbonyl (C=O) groups is 1. The maximum Gasteiger partial charge on any atom is 0.255 e. The third-order valence-corrected chi connectivity index (χ3v) is 26.0. The monoisotopic (exact) mass is 1800 g/mol. The van der Waals surface area contributed by atoms with Gasteiger partial charge in [-0.2, -0.15) is 0 Å². The average Bonchev–Trinajstić information content (AvgIpc) is 0.811. The lowest BCUT2D eigenvalue weighted by atomic mass is 9.93. The Bertz CT molecular complexity index is 4450. The molecular weight excluding hydrogens is 1630 g/mol. The fourth-order valence-electron chi connectivity index (χ4n) is 16.6. The molecule has 0 radical (unpaired) electrons. The number of aromatic nitrogens is 8. The molecule has 9 aliphatic heterocycles. The second-order valence-corrected chi connectivity index (χ2v) is 39.3. The molecule has 0 bridgehead atoms. The first-order chi connectivity index (χ1) is 62.9. The zero-order valence-corrected chi connectivity index (χ0v) is 84.2. The molecule has 0 saturated carbocycles. The molecule has 0 N–H and O–H groups in total. The van der Waals surface area contributed by atoms with Crippen LogP contribution in [0.1, 0.15) is 246 Å². The first kappa shape index (κ1) is 104. The number of pyridine rings is 8. The van der Waals surface area contributed by atoms with Crippen LogP contribution in [-0.2, 0) is 14.2 Å². The van der Waals surface area contributed by atoms with Crippen molar-refractivity contribution in [2.45, 2.75) is 203 Å². The van der Waals surface area contributed by atoms with Crippen molar-refractivity contribution in [3.63, 3.8) is 0 Å². The van der Waals surface area contributed by atoms with E-state index in [1.54, 1.807) is 6.20 Å². The van der Waals surface area contributed by atoms with Crippen LogP contribution in [0.2, 0.25) is 0 Å². The van der Waals surface area contributed by atoms with Gasteiger partial charge >= 0.3 is 0 Å². The normalized spacial score (nSPS) is 18.2. The average molecular weight is 1800 g/mol. The number of likely N-dealkylation sites (N-methyl/N-ethyl adjacent to an activating group) is 4. The largest absolute Gasteiger partial charge is 0.486 e. The first-order valence-corrected chi connectivity index (χ1v) is 49.3. The van der Waals surface area contributed by atoms with Crippen molar-refractivity contribution < 1.29 is 23.7 Å². The lowest BCUT2D eigenvalue weighted by Gasteiger charge is -2.43. The van der Waals surface area contributed by atoms with Crippen LogP contribution in [0, 0.1) is 0 Å². The summed E-state index contributed by atoms with van der Waals surface area (Å²) in [4.78, 5) is 76.3. The number of likely N-dealkylation sites (tertiary alicyclic amines) is 2. The summed E-state index contributed by atoms with van der Waals surface area (Å²) in [5.41, 5.74) is 17.5. The highest BCUT2D eigenvalue weighted by molar-refractivity contribution is 5.94. The van der Waals surface area contributed by atoms with Crippen LogP contribution in [0.25, 0.3) is 0 Å². The minimum atomic E-state index is 0.0520. The van der Waals surface area contributed by atoms with Crippen LogP contribution < -0.4 is 29.2 Å². The molecule has 0 atom stereocenters. The Balaban J connectivity index is 0.000000156. The molecule has 17 heterocycles. The fourth-order valence-corrected chi connectivity index (χ4v) is 16.6. The van der Waals surface area contributed by atoms with Crippen molar-refractivity contribution in [3.8, 4) is 5.75 Å². The van der Waals surface area contributed by atoms with Crippen LogP contribution in [0.4, 0.5) is 28.4 Å². The van der Waals surface area contributed by atoms with Crippen molar-refractivity contribution in [3.05, 3.63) is 203 Å². The predicted octanol–water partition coefficient (Wildman–Crippen LogP) is 16.6. The first-order valence-electron chi connectivity index (χ1n) is 49.3. The summed E-state index contributed by atoms with van der Waals surface area (Å²) >= 11 is 0. The van der Waals surface area contributed by atoms with Gasteiger partial charge in [-0.1, -0.05) is 124 Å². The van der Waals surface area contributed by atoms with Gasteiger partial charge in [-0.05, 0) is 185 Å². The Kier molecular flexibility index (Phi) is 42.4. The van der Waals surface area contributed by atoms with Gasteiger partial charge in [0.1, 0.15) is 11.9 Å². The molecule has 1 amide bonds. The molecule has 25 nitrogen and oxygen atoms in total. The van der Waals surface area contributed by atoms with Crippen LogP contribution in [-0.4, -0.2) is 323 Å². The summed E-state index contributed by atoms with van der Waals surface area (Å²) in [5.74, 6) is 5.61. The van der Waals surface area contributed by atoms with E-state index in [1.165, 1.54) is 95.2 Å². The molecular formula is C106H164N20O5. The fraction of sp³-hybridized carbons (Fsp3) is 0.613. The van der Waals surface area contributed by atoms with Gasteiger partial charge in [-0.3, -0.25) is 59.4 Å². The van der Waals surface area contributed by atoms with E-state index in [1.807, 2.05) is 72.5 Å². The van der Waals surface area contributed by atoms with Gasteiger partial charge in [-0.15, -0.1) is 0 Å². The van der Waals surface area contributed by atoms with Crippen molar-refractivity contribution in [2.75, 3.05) is 249 Å². The summed E-state index contributed by atoms with van der Waals surface area (Å²) < 4.78 is 21.6. The van der Waals surface area contributed by atoms with Gasteiger partial charge in [0.15, 0.2) is 0 Å². The molecule has 17 rings (SSSR count). The zero-order chi connectivity index (χ0) is 94.0. The number of ether oxygens (including phenoxy) is 4. The summed E-state index contributed by atoms with van der Waals surface area (Å²) in [5, 5.41) is 0. The van der Waals surface area contributed by atoms with Crippen LogP contribution in [0.3, 0.4) is 0 Å². The Labute approximate surface area is 788 Å².